The summed E-state index contributed by atoms with van der Waals surface area (Å²) in [6.07, 6.45) is 4.53. The number of aromatic amines is 1. The van der Waals surface area contributed by atoms with Gasteiger partial charge in [-0.3, -0.25) is 0 Å². The van der Waals surface area contributed by atoms with Crippen LogP contribution in [0.1, 0.15) is 29.0 Å². The van der Waals surface area contributed by atoms with Gasteiger partial charge in [0.15, 0.2) is 5.82 Å². The summed E-state index contributed by atoms with van der Waals surface area (Å²) in [4.78, 5) is 11.3. The number of nitrogens with zero attached hydrogens (tertiary/aromatic N) is 3. The summed E-state index contributed by atoms with van der Waals surface area (Å²) in [7, 11) is 0. The fraction of sp³-hybridized carbons (Fsp3) is 0.214. The van der Waals surface area contributed by atoms with Crippen LogP contribution in [0.5, 0.6) is 0 Å². The Kier molecular flexibility index (Phi) is 4.12. The highest BCUT2D eigenvalue weighted by molar-refractivity contribution is 9.10. The molecule has 0 aliphatic carbocycles. The van der Waals surface area contributed by atoms with E-state index in [1.165, 1.54) is 0 Å². The normalized spacial score (nSPS) is 12.5. The smallest absolute Gasteiger partial charge is 0.243 e. The molecule has 21 heavy (non-hydrogen) atoms. The minimum Gasteiger partial charge on any atom is -0.348 e. The van der Waals surface area contributed by atoms with Crippen LogP contribution < -0.4 is 5.73 Å². The third-order valence-corrected chi connectivity index (χ3v) is 3.88. The van der Waals surface area contributed by atoms with Crippen LogP contribution in [0.2, 0.25) is 0 Å². The summed E-state index contributed by atoms with van der Waals surface area (Å²) < 4.78 is 6.28. The second-order valence-corrected chi connectivity index (χ2v) is 5.56. The third kappa shape index (κ3) is 3.37. The van der Waals surface area contributed by atoms with Crippen molar-refractivity contribution >= 4 is 15.9 Å². The van der Waals surface area contributed by atoms with Crippen LogP contribution in [0, 0.1) is 0 Å². The van der Waals surface area contributed by atoms with Gasteiger partial charge in [-0.1, -0.05) is 39.3 Å². The van der Waals surface area contributed by atoms with Crippen LogP contribution in [0.4, 0.5) is 0 Å². The van der Waals surface area contributed by atoms with E-state index in [0.717, 1.165) is 15.7 Å². The van der Waals surface area contributed by atoms with Crippen molar-refractivity contribution < 1.29 is 4.52 Å². The number of imidazole rings is 1. The molecule has 0 aliphatic heterocycles. The van der Waals surface area contributed by atoms with E-state index in [-0.39, 0.29) is 6.04 Å². The molecule has 3 aromatic rings. The highest BCUT2D eigenvalue weighted by Crippen LogP contribution is 2.19. The minimum atomic E-state index is -0.342. The first-order valence-electron chi connectivity index (χ1n) is 6.51. The highest BCUT2D eigenvalue weighted by Gasteiger charge is 2.16. The number of H-pyrrole nitrogens is 1. The van der Waals surface area contributed by atoms with E-state index in [2.05, 4.69) is 36.0 Å². The Hall–Kier alpha value is -1.99. The molecular formula is C14H14BrN5O. The molecule has 0 aliphatic rings. The van der Waals surface area contributed by atoms with Crippen LogP contribution in [0.25, 0.3) is 0 Å². The summed E-state index contributed by atoms with van der Waals surface area (Å²) in [5.41, 5.74) is 8.11. The third-order valence-electron chi connectivity index (χ3n) is 3.10. The lowest BCUT2D eigenvalue weighted by molar-refractivity contribution is 0.350. The second kappa shape index (κ2) is 6.19. The fourth-order valence-electron chi connectivity index (χ4n) is 2.02. The molecule has 0 fully saturated rings. The van der Waals surface area contributed by atoms with Crippen molar-refractivity contribution in [1.82, 2.24) is 20.1 Å². The second-order valence-electron chi connectivity index (χ2n) is 4.70. The molecule has 3 N–H and O–H groups in total. The lowest BCUT2D eigenvalue weighted by atomic mass is 10.1. The predicted molar refractivity (Wildman–Crippen MR) is 80.5 cm³/mol. The molecule has 2 heterocycles. The molecule has 0 saturated carbocycles. The number of hydrogen-bond donors (Lipinski definition) is 2. The Balaban J connectivity index is 1.70. The van der Waals surface area contributed by atoms with Gasteiger partial charge in [0.25, 0.3) is 0 Å². The van der Waals surface area contributed by atoms with Gasteiger partial charge in [0.2, 0.25) is 5.89 Å². The molecule has 0 bridgehead atoms. The van der Waals surface area contributed by atoms with Crippen molar-refractivity contribution in [3.63, 3.8) is 0 Å². The Bertz CT molecular complexity index is 710. The predicted octanol–water partition coefficient (Wildman–Crippen LogP) is 2.39. The molecule has 0 radical (unpaired) electrons. The first-order chi connectivity index (χ1) is 10.2. The number of nitrogens with one attached hydrogen (secondary N) is 1. The van der Waals surface area contributed by atoms with Gasteiger partial charge in [0, 0.05) is 29.2 Å². The molecule has 0 unspecified atom stereocenters. The van der Waals surface area contributed by atoms with Gasteiger partial charge in [-0.05, 0) is 11.6 Å². The maximum absolute atomic E-state index is 6.07. The van der Waals surface area contributed by atoms with Crippen molar-refractivity contribution in [3.05, 3.63) is 64.2 Å². The van der Waals surface area contributed by atoms with Crippen molar-refractivity contribution in [1.29, 1.82) is 0 Å². The number of nitrogens with two attached hydrogens (primary N) is 1. The monoisotopic (exact) mass is 347 g/mol. The molecule has 108 valence electrons. The fourth-order valence-corrected chi connectivity index (χ4v) is 2.45. The average molecular weight is 348 g/mol. The van der Waals surface area contributed by atoms with Gasteiger partial charge < -0.3 is 15.2 Å². The van der Waals surface area contributed by atoms with Crippen LogP contribution in [-0.4, -0.2) is 20.1 Å². The highest BCUT2D eigenvalue weighted by atomic mass is 79.9. The van der Waals surface area contributed by atoms with E-state index in [1.807, 2.05) is 24.3 Å². The summed E-state index contributed by atoms with van der Waals surface area (Å²) in [6, 6.07) is 7.61. The Labute approximate surface area is 129 Å². The van der Waals surface area contributed by atoms with Gasteiger partial charge in [0.05, 0.1) is 12.4 Å². The van der Waals surface area contributed by atoms with E-state index in [0.29, 0.717) is 24.6 Å². The quantitative estimate of drug-likeness (QED) is 0.738. The van der Waals surface area contributed by atoms with Crippen molar-refractivity contribution in [2.45, 2.75) is 18.9 Å². The van der Waals surface area contributed by atoms with Gasteiger partial charge in [0.1, 0.15) is 0 Å². The average Bonchev–Trinajstić information content (AvgIpc) is 3.13. The van der Waals surface area contributed by atoms with Gasteiger partial charge in [-0.25, -0.2) is 4.98 Å². The molecule has 0 spiro atoms. The van der Waals surface area contributed by atoms with Crippen LogP contribution in [0.15, 0.2) is 45.8 Å². The molecule has 7 heteroatoms. The SMILES string of the molecule is N[C@@H](Cc1cnc[nH]1)c1nc(Cc2ccccc2Br)no1. The maximum atomic E-state index is 6.07. The zero-order valence-corrected chi connectivity index (χ0v) is 12.7. The zero-order valence-electron chi connectivity index (χ0n) is 11.2. The van der Waals surface area contributed by atoms with E-state index in [9.17, 15) is 0 Å². The standard InChI is InChI=1S/C14H14BrN5O/c15-11-4-2-1-3-9(11)5-13-19-14(21-20-13)12(16)6-10-7-17-8-18-10/h1-4,7-8,12H,5-6,16H2,(H,17,18)/t12-/m0/s1. The summed E-state index contributed by atoms with van der Waals surface area (Å²) in [5, 5.41) is 3.99. The first kappa shape index (κ1) is 14.0. The molecule has 0 amide bonds. The van der Waals surface area contributed by atoms with Gasteiger partial charge in [-0.2, -0.15) is 4.98 Å². The van der Waals surface area contributed by atoms with E-state index < -0.39 is 0 Å². The topological polar surface area (TPSA) is 93.6 Å². The zero-order chi connectivity index (χ0) is 14.7. The Morgan fingerprint density at radius 3 is 2.95 bits per heavy atom. The summed E-state index contributed by atoms with van der Waals surface area (Å²) >= 11 is 3.51. The summed E-state index contributed by atoms with van der Waals surface area (Å²) in [6.45, 7) is 0. The van der Waals surface area contributed by atoms with Crippen LogP contribution in [-0.2, 0) is 12.8 Å². The number of halogens is 1. The number of aromatic nitrogens is 4. The molecule has 3 rings (SSSR count). The lowest BCUT2D eigenvalue weighted by Gasteiger charge is -2.03. The molecule has 1 atom stereocenters. The maximum Gasteiger partial charge on any atom is 0.243 e. The van der Waals surface area contributed by atoms with Gasteiger partial charge in [-0.15, -0.1) is 0 Å². The molecule has 2 aromatic heterocycles. The summed E-state index contributed by atoms with van der Waals surface area (Å²) in [5.74, 6) is 1.06. The van der Waals surface area contributed by atoms with E-state index in [4.69, 9.17) is 10.3 Å². The van der Waals surface area contributed by atoms with Crippen molar-refractivity contribution in [2.24, 2.45) is 5.73 Å². The lowest BCUT2D eigenvalue weighted by Crippen LogP contribution is -2.14. The van der Waals surface area contributed by atoms with Crippen molar-refractivity contribution in [3.8, 4) is 0 Å². The van der Waals surface area contributed by atoms with Crippen LogP contribution >= 0.6 is 15.9 Å². The van der Waals surface area contributed by atoms with Crippen molar-refractivity contribution in [2.75, 3.05) is 0 Å². The van der Waals surface area contributed by atoms with E-state index >= 15 is 0 Å². The molecule has 6 nitrogen and oxygen atoms in total. The Morgan fingerprint density at radius 1 is 1.33 bits per heavy atom. The minimum absolute atomic E-state index is 0.342. The largest absolute Gasteiger partial charge is 0.348 e. The van der Waals surface area contributed by atoms with Gasteiger partial charge >= 0.3 is 0 Å². The first-order valence-corrected chi connectivity index (χ1v) is 7.30. The number of hydrogen-bond acceptors (Lipinski definition) is 5. The Morgan fingerprint density at radius 2 is 2.19 bits per heavy atom. The van der Waals surface area contributed by atoms with E-state index in [1.54, 1.807) is 12.5 Å². The molecule has 0 saturated heterocycles. The molecule has 1 aromatic carbocycles. The van der Waals surface area contributed by atoms with Crippen LogP contribution in [0.3, 0.4) is 0 Å². The molecular weight excluding hydrogens is 334 g/mol. The number of benzene rings is 1. The number of rotatable bonds is 5.